The van der Waals surface area contributed by atoms with Gasteiger partial charge in [-0.15, -0.1) is 0 Å². The molecule has 0 aliphatic rings. The van der Waals surface area contributed by atoms with E-state index in [0.29, 0.717) is 12.1 Å². The van der Waals surface area contributed by atoms with Crippen molar-refractivity contribution in [3.05, 3.63) is 20.8 Å². The van der Waals surface area contributed by atoms with E-state index in [0.717, 1.165) is 12.8 Å². The number of nitrogens with one attached hydrogen (secondary N) is 2. The highest BCUT2D eigenvalue weighted by atomic mass is 32.1. The summed E-state index contributed by atoms with van der Waals surface area (Å²) in [7, 11) is 0. The van der Waals surface area contributed by atoms with Gasteiger partial charge in [0.1, 0.15) is 5.69 Å². The summed E-state index contributed by atoms with van der Waals surface area (Å²) in [6.45, 7) is 2.07. The molecule has 0 atom stereocenters. The number of H-pyrrole nitrogens is 2. The predicted octanol–water partition coefficient (Wildman–Crippen LogP) is 1.17. The van der Waals surface area contributed by atoms with Crippen molar-refractivity contribution < 1.29 is 0 Å². The van der Waals surface area contributed by atoms with E-state index in [-0.39, 0.29) is 10.3 Å². The van der Waals surface area contributed by atoms with Gasteiger partial charge >= 0.3 is 0 Å². The zero-order valence-corrected chi connectivity index (χ0v) is 7.70. The first kappa shape index (κ1) is 9.12. The molecule has 2 N–H and O–H groups in total. The van der Waals surface area contributed by atoms with Gasteiger partial charge in [0.2, 0.25) is 0 Å². The zero-order chi connectivity index (χ0) is 8.97. The van der Waals surface area contributed by atoms with Gasteiger partial charge < -0.3 is 0 Å². The Labute approximate surface area is 75.0 Å². The lowest BCUT2D eigenvalue weighted by molar-refractivity contribution is 0.735. The molecule has 1 rings (SSSR count). The van der Waals surface area contributed by atoms with Gasteiger partial charge in [-0.05, 0) is 25.1 Å². The molecule has 0 saturated heterocycles. The number of aromatic amines is 2. The minimum Gasteiger partial charge on any atom is -0.296 e. The molecule has 4 nitrogen and oxygen atoms in total. The molecule has 12 heavy (non-hydrogen) atoms. The van der Waals surface area contributed by atoms with E-state index in [1.165, 1.54) is 0 Å². The predicted molar refractivity (Wildman–Crippen MR) is 48.7 cm³/mol. The topological polar surface area (TPSA) is 61.5 Å². The molecule has 0 saturated carbocycles. The minimum atomic E-state index is -0.174. The van der Waals surface area contributed by atoms with Crippen molar-refractivity contribution in [3.63, 3.8) is 0 Å². The molecule has 0 amide bonds. The Morgan fingerprint density at radius 2 is 2.33 bits per heavy atom. The molecule has 0 spiro atoms. The maximum absolute atomic E-state index is 11.1. The maximum atomic E-state index is 11.1. The van der Waals surface area contributed by atoms with Gasteiger partial charge in [-0.25, -0.2) is 0 Å². The average molecular weight is 185 g/mol. The first-order chi connectivity index (χ1) is 5.74. The van der Waals surface area contributed by atoms with Crippen LogP contribution < -0.4 is 5.56 Å². The molecule has 1 aromatic heterocycles. The molecule has 5 heteroatoms. The molecule has 0 unspecified atom stereocenters. The van der Waals surface area contributed by atoms with Crippen LogP contribution in [0, 0.1) is 4.77 Å². The van der Waals surface area contributed by atoms with Crippen LogP contribution in [0.25, 0.3) is 0 Å². The summed E-state index contributed by atoms with van der Waals surface area (Å²) in [4.78, 5) is 13.6. The fourth-order valence-corrected chi connectivity index (χ4v) is 1.02. The molecule has 1 heterocycles. The Morgan fingerprint density at radius 1 is 1.58 bits per heavy atom. The van der Waals surface area contributed by atoms with Crippen molar-refractivity contribution in [2.45, 2.75) is 26.2 Å². The lowest BCUT2D eigenvalue weighted by Crippen LogP contribution is -2.16. The normalized spacial score (nSPS) is 10.1. The Balaban J connectivity index is 2.87. The van der Waals surface area contributed by atoms with Crippen LogP contribution in [0.15, 0.2) is 4.79 Å². The van der Waals surface area contributed by atoms with Crippen LogP contribution in [0.3, 0.4) is 0 Å². The van der Waals surface area contributed by atoms with E-state index in [4.69, 9.17) is 12.2 Å². The molecule has 0 aliphatic carbocycles. The fraction of sp³-hybridized carbons (Fsp3) is 0.571. The van der Waals surface area contributed by atoms with E-state index in [2.05, 4.69) is 22.1 Å². The Hall–Kier alpha value is -0.970. The summed E-state index contributed by atoms with van der Waals surface area (Å²) in [6, 6.07) is 0. The Kier molecular flexibility index (Phi) is 3.16. The second-order valence-corrected chi connectivity index (χ2v) is 2.97. The molecule has 0 fully saturated rings. The summed E-state index contributed by atoms with van der Waals surface area (Å²) in [6.07, 6.45) is 2.73. The van der Waals surface area contributed by atoms with Crippen molar-refractivity contribution in [2.75, 3.05) is 0 Å². The summed E-state index contributed by atoms with van der Waals surface area (Å²) in [5.74, 6) is 0. The SMILES string of the molecule is CCCCc1n[nH]c(=S)[nH]c1=O. The van der Waals surface area contributed by atoms with Crippen LogP contribution in [0.4, 0.5) is 0 Å². The fourth-order valence-electron chi connectivity index (χ4n) is 0.886. The van der Waals surface area contributed by atoms with Gasteiger partial charge in [0, 0.05) is 0 Å². The third kappa shape index (κ3) is 2.27. The van der Waals surface area contributed by atoms with E-state index >= 15 is 0 Å². The lowest BCUT2D eigenvalue weighted by Gasteiger charge is -1.95. The number of unbranched alkanes of at least 4 members (excludes halogenated alkanes) is 1. The molecular weight excluding hydrogens is 174 g/mol. The Morgan fingerprint density at radius 3 is 2.92 bits per heavy atom. The third-order valence-corrected chi connectivity index (χ3v) is 1.74. The van der Waals surface area contributed by atoms with Crippen LogP contribution in [-0.4, -0.2) is 15.2 Å². The largest absolute Gasteiger partial charge is 0.296 e. The van der Waals surface area contributed by atoms with Gasteiger partial charge in [-0.2, -0.15) is 5.10 Å². The van der Waals surface area contributed by atoms with E-state index < -0.39 is 0 Å². The van der Waals surface area contributed by atoms with Gasteiger partial charge in [0.25, 0.3) is 5.56 Å². The third-order valence-electron chi connectivity index (χ3n) is 1.55. The highest BCUT2D eigenvalue weighted by Crippen LogP contribution is 1.93. The number of hydrogen-bond acceptors (Lipinski definition) is 3. The molecule has 0 bridgehead atoms. The van der Waals surface area contributed by atoms with E-state index in [1.807, 2.05) is 0 Å². The van der Waals surface area contributed by atoms with Crippen molar-refractivity contribution in [3.8, 4) is 0 Å². The Bertz CT molecular complexity index is 354. The van der Waals surface area contributed by atoms with Crippen molar-refractivity contribution >= 4 is 12.2 Å². The monoisotopic (exact) mass is 185 g/mol. The van der Waals surface area contributed by atoms with Crippen LogP contribution in [0.2, 0.25) is 0 Å². The molecule has 0 aromatic carbocycles. The first-order valence-corrected chi connectivity index (χ1v) is 4.32. The van der Waals surface area contributed by atoms with Crippen LogP contribution in [0.5, 0.6) is 0 Å². The van der Waals surface area contributed by atoms with Crippen LogP contribution >= 0.6 is 12.2 Å². The summed E-state index contributed by atoms with van der Waals surface area (Å²) < 4.78 is 0.278. The average Bonchev–Trinajstić information content (AvgIpc) is 2.03. The second-order valence-electron chi connectivity index (χ2n) is 2.56. The highest BCUT2D eigenvalue weighted by molar-refractivity contribution is 7.71. The summed E-state index contributed by atoms with van der Waals surface area (Å²) in [5.41, 5.74) is 0.359. The van der Waals surface area contributed by atoms with Gasteiger partial charge in [0.05, 0.1) is 0 Å². The maximum Gasteiger partial charge on any atom is 0.273 e. The lowest BCUT2D eigenvalue weighted by atomic mass is 10.2. The zero-order valence-electron chi connectivity index (χ0n) is 6.89. The van der Waals surface area contributed by atoms with Gasteiger partial charge in [-0.3, -0.25) is 14.9 Å². The van der Waals surface area contributed by atoms with Gasteiger partial charge in [0.15, 0.2) is 4.77 Å². The molecule has 0 aliphatic heterocycles. The minimum absolute atomic E-state index is 0.174. The van der Waals surface area contributed by atoms with Crippen molar-refractivity contribution in [1.82, 2.24) is 15.2 Å². The smallest absolute Gasteiger partial charge is 0.273 e. The van der Waals surface area contributed by atoms with E-state index in [9.17, 15) is 4.79 Å². The quantitative estimate of drug-likeness (QED) is 0.695. The molecule has 0 radical (unpaired) electrons. The van der Waals surface area contributed by atoms with Crippen molar-refractivity contribution in [1.29, 1.82) is 0 Å². The number of aromatic nitrogens is 3. The standard InChI is InChI=1S/C7H11N3OS/c1-2-3-4-5-6(11)8-7(12)10-9-5/h2-4H2,1H3,(H2,8,10,11,12). The number of rotatable bonds is 3. The second kappa shape index (κ2) is 4.15. The highest BCUT2D eigenvalue weighted by Gasteiger charge is 1.98. The first-order valence-electron chi connectivity index (χ1n) is 3.92. The van der Waals surface area contributed by atoms with Crippen molar-refractivity contribution in [2.24, 2.45) is 0 Å². The number of aryl methyl sites for hydroxylation is 1. The molecular formula is C7H11N3OS. The molecule has 1 aromatic rings. The number of hydrogen-bond donors (Lipinski definition) is 2. The summed E-state index contributed by atoms with van der Waals surface area (Å²) in [5, 5.41) is 6.40. The number of nitrogens with zero attached hydrogens (tertiary/aromatic N) is 1. The van der Waals surface area contributed by atoms with E-state index in [1.54, 1.807) is 0 Å². The summed E-state index contributed by atoms with van der Waals surface area (Å²) >= 11 is 4.70. The molecule has 66 valence electrons. The van der Waals surface area contributed by atoms with Crippen LogP contribution in [-0.2, 0) is 6.42 Å². The van der Waals surface area contributed by atoms with Crippen LogP contribution in [0.1, 0.15) is 25.5 Å². The van der Waals surface area contributed by atoms with Gasteiger partial charge in [-0.1, -0.05) is 13.3 Å².